The van der Waals surface area contributed by atoms with Gasteiger partial charge in [-0.2, -0.15) is 0 Å². The second-order valence-electron chi connectivity index (χ2n) is 5.23. The number of hydrogen-bond acceptors (Lipinski definition) is 2. The van der Waals surface area contributed by atoms with Crippen LogP contribution in [0.15, 0.2) is 48.5 Å². The summed E-state index contributed by atoms with van der Waals surface area (Å²) < 4.78 is 5.93. The summed E-state index contributed by atoms with van der Waals surface area (Å²) >= 11 is 5.91. The van der Waals surface area contributed by atoms with Gasteiger partial charge in [-0.3, -0.25) is 0 Å². The maximum atomic E-state index is 5.93. The van der Waals surface area contributed by atoms with Crippen molar-refractivity contribution >= 4 is 11.6 Å². The van der Waals surface area contributed by atoms with Crippen molar-refractivity contribution in [2.75, 3.05) is 6.54 Å². The second kappa shape index (κ2) is 5.86. The maximum absolute atomic E-state index is 5.93. The van der Waals surface area contributed by atoms with Gasteiger partial charge in [0.2, 0.25) is 0 Å². The Hall–Kier alpha value is -1.51. The molecule has 0 bridgehead atoms. The molecule has 1 N–H and O–H groups in total. The van der Waals surface area contributed by atoms with Crippen LogP contribution >= 0.6 is 11.6 Å². The van der Waals surface area contributed by atoms with E-state index < -0.39 is 0 Å². The molecule has 0 radical (unpaired) electrons. The number of rotatable bonds is 4. The van der Waals surface area contributed by atoms with E-state index >= 15 is 0 Å². The smallest absolute Gasteiger partial charge is 0.123 e. The molecule has 2 nitrogen and oxygen atoms in total. The summed E-state index contributed by atoms with van der Waals surface area (Å²) in [4.78, 5) is 0. The number of ether oxygens (including phenoxy) is 1. The van der Waals surface area contributed by atoms with Crippen LogP contribution in [-0.2, 0) is 6.42 Å². The molecule has 2 aromatic rings. The van der Waals surface area contributed by atoms with Crippen molar-refractivity contribution < 1.29 is 4.74 Å². The highest BCUT2D eigenvalue weighted by molar-refractivity contribution is 6.30. The molecule has 2 aromatic carbocycles. The Morgan fingerprint density at radius 1 is 1.20 bits per heavy atom. The number of benzene rings is 2. The molecule has 0 spiro atoms. The lowest BCUT2D eigenvalue weighted by Crippen LogP contribution is -2.31. The summed E-state index contributed by atoms with van der Waals surface area (Å²) in [5.41, 5.74) is 2.54. The number of halogens is 1. The SMILES string of the molecule is C[C@H](NCC1Cc2ccccc2O1)c1ccc(Cl)cc1. The largest absolute Gasteiger partial charge is 0.488 e. The van der Waals surface area contributed by atoms with Gasteiger partial charge in [-0.05, 0) is 36.2 Å². The van der Waals surface area contributed by atoms with Crippen LogP contribution in [0.4, 0.5) is 0 Å². The van der Waals surface area contributed by atoms with Crippen LogP contribution in [0.1, 0.15) is 24.1 Å². The van der Waals surface area contributed by atoms with E-state index in [1.54, 1.807) is 0 Å². The number of para-hydroxylation sites is 1. The van der Waals surface area contributed by atoms with E-state index in [1.165, 1.54) is 11.1 Å². The zero-order chi connectivity index (χ0) is 13.9. The van der Waals surface area contributed by atoms with Gasteiger partial charge < -0.3 is 10.1 Å². The average molecular weight is 288 g/mol. The monoisotopic (exact) mass is 287 g/mol. The molecular formula is C17H18ClNO. The topological polar surface area (TPSA) is 21.3 Å². The fraction of sp³-hybridized carbons (Fsp3) is 0.294. The van der Waals surface area contributed by atoms with Crippen LogP contribution in [0.3, 0.4) is 0 Å². The summed E-state index contributed by atoms with van der Waals surface area (Å²) in [7, 11) is 0. The van der Waals surface area contributed by atoms with Crippen LogP contribution in [-0.4, -0.2) is 12.6 Å². The fourth-order valence-corrected chi connectivity index (χ4v) is 2.67. The molecule has 1 unspecified atom stereocenters. The van der Waals surface area contributed by atoms with E-state index in [4.69, 9.17) is 16.3 Å². The first-order valence-electron chi connectivity index (χ1n) is 6.96. The minimum atomic E-state index is 0.224. The molecule has 2 atom stereocenters. The Balaban J connectivity index is 1.55. The fourth-order valence-electron chi connectivity index (χ4n) is 2.55. The molecule has 1 aliphatic rings. The summed E-state index contributed by atoms with van der Waals surface area (Å²) in [6.45, 7) is 3.00. The Kier molecular flexibility index (Phi) is 3.95. The van der Waals surface area contributed by atoms with Crippen LogP contribution in [0.25, 0.3) is 0 Å². The van der Waals surface area contributed by atoms with Crippen molar-refractivity contribution in [3.05, 3.63) is 64.7 Å². The van der Waals surface area contributed by atoms with Gasteiger partial charge in [0.1, 0.15) is 11.9 Å². The summed E-state index contributed by atoms with van der Waals surface area (Å²) in [6, 6.07) is 16.5. The Labute approximate surface area is 124 Å². The lowest BCUT2D eigenvalue weighted by molar-refractivity contribution is 0.222. The number of nitrogens with one attached hydrogen (secondary N) is 1. The van der Waals surface area contributed by atoms with Gasteiger partial charge in [0.25, 0.3) is 0 Å². The highest BCUT2D eigenvalue weighted by atomic mass is 35.5. The van der Waals surface area contributed by atoms with E-state index in [0.29, 0.717) is 6.04 Å². The first-order valence-corrected chi connectivity index (χ1v) is 7.33. The molecule has 3 rings (SSSR count). The van der Waals surface area contributed by atoms with Crippen molar-refractivity contribution in [2.24, 2.45) is 0 Å². The van der Waals surface area contributed by atoms with Gasteiger partial charge in [0.15, 0.2) is 0 Å². The third kappa shape index (κ3) is 2.97. The van der Waals surface area contributed by atoms with Gasteiger partial charge in [0, 0.05) is 24.0 Å². The van der Waals surface area contributed by atoms with E-state index in [2.05, 4.69) is 36.5 Å². The Bertz CT molecular complexity index is 557. The minimum Gasteiger partial charge on any atom is -0.488 e. The molecule has 0 fully saturated rings. The first-order chi connectivity index (χ1) is 9.72. The standard InChI is InChI=1S/C17H18ClNO/c1-12(13-6-8-15(18)9-7-13)19-11-16-10-14-4-2-3-5-17(14)20-16/h2-9,12,16,19H,10-11H2,1H3/t12-,16?/m0/s1. The second-order valence-corrected chi connectivity index (χ2v) is 5.67. The molecule has 0 aromatic heterocycles. The van der Waals surface area contributed by atoms with Crippen molar-refractivity contribution in [3.8, 4) is 5.75 Å². The normalized spacial score (nSPS) is 18.4. The van der Waals surface area contributed by atoms with Crippen molar-refractivity contribution in [3.63, 3.8) is 0 Å². The molecule has 0 saturated heterocycles. The third-order valence-electron chi connectivity index (χ3n) is 3.74. The highest BCUT2D eigenvalue weighted by Crippen LogP contribution is 2.28. The molecule has 1 aliphatic heterocycles. The zero-order valence-electron chi connectivity index (χ0n) is 11.5. The van der Waals surface area contributed by atoms with Crippen molar-refractivity contribution in [1.29, 1.82) is 0 Å². The molecule has 0 amide bonds. The highest BCUT2D eigenvalue weighted by Gasteiger charge is 2.22. The predicted octanol–water partition coefficient (Wildman–Crippen LogP) is 3.99. The molecule has 3 heteroatoms. The predicted molar refractivity (Wildman–Crippen MR) is 82.4 cm³/mol. The Morgan fingerprint density at radius 3 is 2.70 bits per heavy atom. The van der Waals surface area contributed by atoms with Gasteiger partial charge >= 0.3 is 0 Å². The lowest BCUT2D eigenvalue weighted by atomic mass is 10.1. The van der Waals surface area contributed by atoms with Gasteiger partial charge in [-0.1, -0.05) is 41.9 Å². The zero-order valence-corrected chi connectivity index (χ0v) is 12.2. The summed E-state index contributed by atoms with van der Waals surface area (Å²) in [5, 5.41) is 4.30. The number of fused-ring (bicyclic) bond motifs is 1. The molecular weight excluding hydrogens is 270 g/mol. The molecule has 0 saturated carbocycles. The maximum Gasteiger partial charge on any atom is 0.123 e. The molecule has 104 valence electrons. The van der Waals surface area contributed by atoms with E-state index in [9.17, 15) is 0 Å². The van der Waals surface area contributed by atoms with E-state index in [0.717, 1.165) is 23.7 Å². The van der Waals surface area contributed by atoms with Gasteiger partial charge in [-0.25, -0.2) is 0 Å². The van der Waals surface area contributed by atoms with Gasteiger partial charge in [0.05, 0.1) is 0 Å². The average Bonchev–Trinajstić information content (AvgIpc) is 2.88. The summed E-state index contributed by atoms with van der Waals surface area (Å²) in [6.07, 6.45) is 1.21. The first kappa shape index (κ1) is 13.5. The van der Waals surface area contributed by atoms with E-state index in [-0.39, 0.29) is 6.10 Å². The number of hydrogen-bond donors (Lipinski definition) is 1. The van der Waals surface area contributed by atoms with Crippen LogP contribution < -0.4 is 10.1 Å². The van der Waals surface area contributed by atoms with E-state index in [1.807, 2.05) is 24.3 Å². The van der Waals surface area contributed by atoms with Crippen LogP contribution in [0.5, 0.6) is 5.75 Å². The molecule has 1 heterocycles. The van der Waals surface area contributed by atoms with Gasteiger partial charge in [-0.15, -0.1) is 0 Å². The minimum absolute atomic E-state index is 0.224. The molecule has 20 heavy (non-hydrogen) atoms. The van der Waals surface area contributed by atoms with Crippen LogP contribution in [0, 0.1) is 0 Å². The van der Waals surface area contributed by atoms with Crippen LogP contribution in [0.2, 0.25) is 5.02 Å². The lowest BCUT2D eigenvalue weighted by Gasteiger charge is -2.17. The third-order valence-corrected chi connectivity index (χ3v) is 3.99. The molecule has 0 aliphatic carbocycles. The quantitative estimate of drug-likeness (QED) is 0.918. The van der Waals surface area contributed by atoms with Crippen molar-refractivity contribution in [1.82, 2.24) is 5.32 Å². The summed E-state index contributed by atoms with van der Waals surface area (Å²) in [5.74, 6) is 1.03. The Morgan fingerprint density at radius 2 is 1.95 bits per heavy atom. The van der Waals surface area contributed by atoms with Crippen molar-refractivity contribution in [2.45, 2.75) is 25.5 Å².